The van der Waals surface area contributed by atoms with Crippen molar-refractivity contribution in [3.05, 3.63) is 0 Å². The van der Waals surface area contributed by atoms with Gasteiger partial charge in [-0.25, -0.2) is 0 Å². The molecular formula is C8H16N2O3. The maximum Gasteiger partial charge on any atom is 0.308 e. The molecule has 0 aliphatic rings. The number of hydrogen-bond donors (Lipinski definition) is 3. The van der Waals surface area contributed by atoms with Crippen molar-refractivity contribution < 1.29 is 14.7 Å². The monoisotopic (exact) mass is 188 g/mol. The van der Waals surface area contributed by atoms with Gasteiger partial charge in [0.1, 0.15) is 0 Å². The van der Waals surface area contributed by atoms with E-state index in [2.05, 4.69) is 5.32 Å². The third-order valence-corrected chi connectivity index (χ3v) is 1.58. The third-order valence-electron chi connectivity index (χ3n) is 1.58. The molecule has 1 atom stereocenters. The van der Waals surface area contributed by atoms with E-state index in [1.54, 1.807) is 13.8 Å². The molecule has 0 heterocycles. The van der Waals surface area contributed by atoms with Crippen molar-refractivity contribution in [2.45, 2.75) is 26.3 Å². The molecule has 1 unspecified atom stereocenters. The van der Waals surface area contributed by atoms with Crippen molar-refractivity contribution in [2.24, 2.45) is 11.7 Å². The average molecular weight is 188 g/mol. The molecule has 0 aliphatic heterocycles. The van der Waals surface area contributed by atoms with Crippen LogP contribution in [0.25, 0.3) is 0 Å². The highest BCUT2D eigenvalue weighted by atomic mass is 16.4. The summed E-state index contributed by atoms with van der Waals surface area (Å²) in [5, 5.41) is 11.0. The maximum atomic E-state index is 11.2. The van der Waals surface area contributed by atoms with Gasteiger partial charge in [-0.05, 0) is 13.8 Å². The number of aliphatic carboxylic acids is 1. The van der Waals surface area contributed by atoms with E-state index >= 15 is 0 Å². The summed E-state index contributed by atoms with van der Waals surface area (Å²) in [4.78, 5) is 21.5. The Morgan fingerprint density at radius 1 is 1.54 bits per heavy atom. The van der Waals surface area contributed by atoms with Gasteiger partial charge >= 0.3 is 5.97 Å². The number of carbonyl (C=O) groups is 2. The first-order chi connectivity index (χ1) is 5.75. The lowest BCUT2D eigenvalue weighted by Gasteiger charge is -2.18. The number of carboxylic acids is 1. The number of nitrogens with one attached hydrogen (secondary N) is 1. The predicted octanol–water partition coefficient (Wildman–Crippen LogP) is -0.439. The van der Waals surface area contributed by atoms with E-state index in [9.17, 15) is 9.59 Å². The van der Waals surface area contributed by atoms with Crippen LogP contribution in [-0.2, 0) is 9.59 Å². The molecular weight excluding hydrogens is 172 g/mol. The van der Waals surface area contributed by atoms with Crippen LogP contribution in [0.4, 0.5) is 0 Å². The van der Waals surface area contributed by atoms with Gasteiger partial charge < -0.3 is 16.2 Å². The fourth-order valence-corrected chi connectivity index (χ4v) is 0.561. The molecule has 0 rings (SSSR count). The lowest BCUT2D eigenvalue weighted by molar-refractivity contribution is -0.141. The molecule has 0 saturated carbocycles. The van der Waals surface area contributed by atoms with Crippen molar-refractivity contribution >= 4 is 11.9 Å². The van der Waals surface area contributed by atoms with Crippen LogP contribution in [0.15, 0.2) is 0 Å². The molecule has 0 spiro atoms. The van der Waals surface area contributed by atoms with Crippen molar-refractivity contribution in [1.29, 1.82) is 0 Å². The number of rotatable bonds is 4. The molecule has 0 bridgehead atoms. The molecule has 0 saturated heterocycles. The van der Waals surface area contributed by atoms with Crippen molar-refractivity contribution in [2.75, 3.05) is 6.54 Å². The molecule has 5 heteroatoms. The number of carbonyl (C=O) groups excluding carboxylic acids is 1. The summed E-state index contributed by atoms with van der Waals surface area (Å²) < 4.78 is 0. The Balaban J connectivity index is 3.91. The largest absolute Gasteiger partial charge is 0.481 e. The fourth-order valence-electron chi connectivity index (χ4n) is 0.561. The van der Waals surface area contributed by atoms with E-state index in [0.717, 1.165) is 0 Å². The third kappa shape index (κ3) is 4.47. The Bertz CT molecular complexity index is 208. The minimum atomic E-state index is -0.960. The van der Waals surface area contributed by atoms with E-state index in [4.69, 9.17) is 10.8 Å². The van der Waals surface area contributed by atoms with Crippen LogP contribution >= 0.6 is 0 Å². The quantitative estimate of drug-likeness (QED) is 0.557. The fraction of sp³-hybridized carbons (Fsp3) is 0.750. The van der Waals surface area contributed by atoms with E-state index in [1.165, 1.54) is 6.92 Å². The Labute approximate surface area is 77.3 Å². The summed E-state index contributed by atoms with van der Waals surface area (Å²) in [6.45, 7) is 4.75. The zero-order chi connectivity index (χ0) is 10.6. The second kappa shape index (κ2) is 4.23. The van der Waals surface area contributed by atoms with Crippen LogP contribution in [0.2, 0.25) is 0 Å². The van der Waals surface area contributed by atoms with Gasteiger partial charge in [0.05, 0.1) is 11.5 Å². The second-order valence-electron chi connectivity index (χ2n) is 3.67. The van der Waals surface area contributed by atoms with Crippen LogP contribution in [0, 0.1) is 5.92 Å². The van der Waals surface area contributed by atoms with Crippen molar-refractivity contribution in [3.63, 3.8) is 0 Å². The number of hydrogen-bond acceptors (Lipinski definition) is 3. The van der Waals surface area contributed by atoms with Gasteiger partial charge in [0.25, 0.3) is 0 Å². The molecule has 0 aromatic rings. The van der Waals surface area contributed by atoms with E-state index in [0.29, 0.717) is 0 Å². The second-order valence-corrected chi connectivity index (χ2v) is 3.67. The number of nitrogens with two attached hydrogens (primary N) is 1. The first-order valence-corrected chi connectivity index (χ1v) is 4.05. The highest BCUT2D eigenvalue weighted by molar-refractivity contribution is 5.85. The van der Waals surface area contributed by atoms with Gasteiger partial charge in [-0.15, -0.1) is 0 Å². The van der Waals surface area contributed by atoms with E-state index in [-0.39, 0.29) is 12.5 Å². The van der Waals surface area contributed by atoms with E-state index in [1.807, 2.05) is 0 Å². The van der Waals surface area contributed by atoms with Gasteiger partial charge in [-0.1, -0.05) is 6.92 Å². The molecule has 1 amide bonds. The van der Waals surface area contributed by atoms with E-state index < -0.39 is 17.4 Å². The minimum Gasteiger partial charge on any atom is -0.481 e. The predicted molar refractivity (Wildman–Crippen MR) is 48.1 cm³/mol. The molecule has 5 nitrogen and oxygen atoms in total. The molecule has 0 fully saturated rings. The van der Waals surface area contributed by atoms with Crippen LogP contribution in [-0.4, -0.2) is 29.1 Å². The van der Waals surface area contributed by atoms with Gasteiger partial charge in [-0.3, -0.25) is 9.59 Å². The van der Waals surface area contributed by atoms with Crippen LogP contribution in [0.3, 0.4) is 0 Å². The summed E-state index contributed by atoms with van der Waals surface area (Å²) >= 11 is 0. The Hall–Kier alpha value is -1.10. The zero-order valence-corrected chi connectivity index (χ0v) is 8.13. The Morgan fingerprint density at radius 2 is 2.00 bits per heavy atom. The van der Waals surface area contributed by atoms with Crippen molar-refractivity contribution in [3.8, 4) is 0 Å². The zero-order valence-electron chi connectivity index (χ0n) is 8.13. The maximum absolute atomic E-state index is 11.2. The SMILES string of the molecule is CC(CNC(=O)C(C)(C)N)C(=O)O. The Kier molecular flexibility index (Phi) is 3.87. The molecule has 0 aromatic heterocycles. The molecule has 13 heavy (non-hydrogen) atoms. The molecule has 0 aromatic carbocycles. The summed E-state index contributed by atoms with van der Waals surface area (Å²) in [5.74, 6) is -1.87. The standard InChI is InChI=1S/C8H16N2O3/c1-5(6(11)12)4-10-7(13)8(2,3)9/h5H,4,9H2,1-3H3,(H,10,13)(H,11,12). The Morgan fingerprint density at radius 3 is 2.31 bits per heavy atom. The molecule has 0 radical (unpaired) electrons. The van der Waals surface area contributed by atoms with Gasteiger partial charge in [0, 0.05) is 6.54 Å². The lowest BCUT2D eigenvalue weighted by Crippen LogP contribution is -2.50. The smallest absolute Gasteiger partial charge is 0.308 e. The van der Waals surface area contributed by atoms with Gasteiger partial charge in [0.2, 0.25) is 5.91 Å². The van der Waals surface area contributed by atoms with Crippen LogP contribution in [0.1, 0.15) is 20.8 Å². The first kappa shape index (κ1) is 11.9. The highest BCUT2D eigenvalue weighted by Crippen LogP contribution is 1.97. The normalized spacial score (nSPS) is 13.5. The average Bonchev–Trinajstić information content (AvgIpc) is 1.97. The lowest BCUT2D eigenvalue weighted by atomic mass is 10.1. The summed E-state index contributed by atoms with van der Waals surface area (Å²) in [6, 6.07) is 0. The topological polar surface area (TPSA) is 92.4 Å². The van der Waals surface area contributed by atoms with Gasteiger partial charge in [0.15, 0.2) is 0 Å². The molecule has 4 N–H and O–H groups in total. The number of amides is 1. The number of carboxylic acid groups (broad SMARTS) is 1. The minimum absolute atomic E-state index is 0.106. The summed E-state index contributed by atoms with van der Waals surface area (Å²) in [5.41, 5.74) is 4.52. The van der Waals surface area contributed by atoms with Crippen LogP contribution < -0.4 is 11.1 Å². The van der Waals surface area contributed by atoms with Gasteiger partial charge in [-0.2, -0.15) is 0 Å². The van der Waals surface area contributed by atoms with Crippen molar-refractivity contribution in [1.82, 2.24) is 5.32 Å². The van der Waals surface area contributed by atoms with Crippen LogP contribution in [0.5, 0.6) is 0 Å². The highest BCUT2D eigenvalue weighted by Gasteiger charge is 2.22. The summed E-state index contributed by atoms with van der Waals surface area (Å²) in [6.07, 6.45) is 0. The first-order valence-electron chi connectivity index (χ1n) is 4.05. The molecule has 0 aliphatic carbocycles. The molecule has 76 valence electrons. The summed E-state index contributed by atoms with van der Waals surface area (Å²) in [7, 11) is 0.